The molecule has 0 saturated carbocycles. The van der Waals surface area contributed by atoms with E-state index in [1.165, 1.54) is 5.38 Å². The number of carbonyl (C=O) groups excluding carboxylic acids is 1. The average molecular weight is 312 g/mol. The van der Waals surface area contributed by atoms with Gasteiger partial charge in [-0.2, -0.15) is 13.2 Å². The Bertz CT molecular complexity index is 437. The van der Waals surface area contributed by atoms with Crippen LogP contribution in [0.5, 0.6) is 0 Å². The lowest BCUT2D eigenvalue weighted by Crippen LogP contribution is -2.35. The van der Waals surface area contributed by atoms with Crippen LogP contribution >= 0.6 is 11.3 Å². The SMILES string of the molecule is CCOC(=O)c1nc(CN(CCO)CC(F)(F)F)cs1. The van der Waals surface area contributed by atoms with Gasteiger partial charge in [-0.05, 0) is 6.92 Å². The summed E-state index contributed by atoms with van der Waals surface area (Å²) in [6, 6.07) is 0. The molecule has 0 aliphatic heterocycles. The highest BCUT2D eigenvalue weighted by Crippen LogP contribution is 2.19. The van der Waals surface area contributed by atoms with Gasteiger partial charge in [-0.25, -0.2) is 9.78 Å². The number of aliphatic hydroxyl groups is 1. The summed E-state index contributed by atoms with van der Waals surface area (Å²) in [6.45, 7) is 0.129. The van der Waals surface area contributed by atoms with E-state index in [0.29, 0.717) is 5.69 Å². The van der Waals surface area contributed by atoms with Gasteiger partial charge in [0, 0.05) is 18.5 Å². The van der Waals surface area contributed by atoms with Crippen molar-refractivity contribution in [2.45, 2.75) is 19.6 Å². The van der Waals surface area contributed by atoms with Crippen LogP contribution in [-0.4, -0.2) is 53.4 Å². The quantitative estimate of drug-likeness (QED) is 0.776. The predicted octanol–water partition coefficient (Wildman–Crippen LogP) is 1.68. The van der Waals surface area contributed by atoms with Crippen molar-refractivity contribution < 1.29 is 27.8 Å². The third-order valence-corrected chi connectivity index (χ3v) is 3.08. The van der Waals surface area contributed by atoms with Crippen LogP contribution in [-0.2, 0) is 11.3 Å². The second kappa shape index (κ2) is 7.55. The van der Waals surface area contributed by atoms with Crippen molar-refractivity contribution in [3.8, 4) is 0 Å². The highest BCUT2D eigenvalue weighted by atomic mass is 32.1. The predicted molar refractivity (Wildman–Crippen MR) is 66.5 cm³/mol. The molecule has 0 amide bonds. The van der Waals surface area contributed by atoms with Crippen molar-refractivity contribution >= 4 is 17.3 Å². The molecule has 5 nitrogen and oxygen atoms in total. The zero-order valence-corrected chi connectivity index (χ0v) is 11.6. The van der Waals surface area contributed by atoms with E-state index in [4.69, 9.17) is 9.84 Å². The molecule has 0 radical (unpaired) electrons. The van der Waals surface area contributed by atoms with Gasteiger partial charge in [0.25, 0.3) is 0 Å². The molecule has 0 unspecified atom stereocenters. The summed E-state index contributed by atoms with van der Waals surface area (Å²) in [5.74, 6) is -0.590. The van der Waals surface area contributed by atoms with E-state index in [9.17, 15) is 18.0 Å². The fraction of sp³-hybridized carbons (Fsp3) is 0.636. The summed E-state index contributed by atoms with van der Waals surface area (Å²) in [6.07, 6.45) is -4.35. The summed E-state index contributed by atoms with van der Waals surface area (Å²) < 4.78 is 41.8. The number of thiazole rings is 1. The number of rotatable bonds is 7. The summed E-state index contributed by atoms with van der Waals surface area (Å²) in [5.41, 5.74) is 0.343. The van der Waals surface area contributed by atoms with E-state index in [1.807, 2.05) is 0 Å². The fourth-order valence-electron chi connectivity index (χ4n) is 1.50. The molecular formula is C11H15F3N2O3S. The van der Waals surface area contributed by atoms with E-state index in [0.717, 1.165) is 16.2 Å². The zero-order chi connectivity index (χ0) is 15.2. The fourth-order valence-corrected chi connectivity index (χ4v) is 2.20. The highest BCUT2D eigenvalue weighted by molar-refractivity contribution is 7.11. The number of esters is 1. The molecule has 114 valence electrons. The second-order valence-corrected chi connectivity index (χ2v) is 4.77. The Labute approximate surface area is 118 Å². The molecule has 0 atom stereocenters. The van der Waals surface area contributed by atoms with Crippen molar-refractivity contribution in [1.82, 2.24) is 9.88 Å². The molecule has 0 aliphatic rings. The van der Waals surface area contributed by atoms with Crippen LogP contribution < -0.4 is 0 Å². The average Bonchev–Trinajstić information content (AvgIpc) is 2.76. The van der Waals surface area contributed by atoms with Crippen LogP contribution in [0.25, 0.3) is 0 Å². The number of ether oxygens (including phenoxy) is 1. The maximum atomic E-state index is 12.4. The Hall–Kier alpha value is -1.19. The van der Waals surface area contributed by atoms with Gasteiger partial charge in [0.15, 0.2) is 0 Å². The summed E-state index contributed by atoms with van der Waals surface area (Å²) in [5, 5.41) is 10.4. The van der Waals surface area contributed by atoms with Crippen molar-refractivity contribution in [3.63, 3.8) is 0 Å². The van der Waals surface area contributed by atoms with Gasteiger partial charge in [0.1, 0.15) is 0 Å². The molecule has 1 N–H and O–H groups in total. The molecule has 0 aliphatic carbocycles. The molecular weight excluding hydrogens is 297 g/mol. The third kappa shape index (κ3) is 5.85. The molecule has 0 spiro atoms. The van der Waals surface area contributed by atoms with Gasteiger partial charge < -0.3 is 9.84 Å². The van der Waals surface area contributed by atoms with Crippen LogP contribution in [0.4, 0.5) is 13.2 Å². The Balaban J connectivity index is 2.67. The number of hydrogen-bond acceptors (Lipinski definition) is 6. The topological polar surface area (TPSA) is 62.7 Å². The second-order valence-electron chi connectivity index (χ2n) is 3.91. The summed E-state index contributed by atoms with van der Waals surface area (Å²) >= 11 is 1.02. The third-order valence-electron chi connectivity index (χ3n) is 2.21. The standard InChI is InChI=1S/C11H15F3N2O3S/c1-2-19-10(18)9-15-8(6-20-9)5-16(3-4-17)7-11(12,13)14/h6,17H,2-5,7H2,1H3. The molecule has 0 bridgehead atoms. The maximum absolute atomic E-state index is 12.4. The lowest BCUT2D eigenvalue weighted by Gasteiger charge is -2.21. The van der Waals surface area contributed by atoms with Crippen LogP contribution in [0.3, 0.4) is 0 Å². The van der Waals surface area contributed by atoms with Gasteiger partial charge in [-0.3, -0.25) is 4.90 Å². The van der Waals surface area contributed by atoms with Gasteiger partial charge >= 0.3 is 12.1 Å². The molecule has 1 aromatic heterocycles. The number of carbonyl (C=O) groups is 1. The molecule has 0 fully saturated rings. The van der Waals surface area contributed by atoms with Crippen LogP contribution in [0.2, 0.25) is 0 Å². The molecule has 1 rings (SSSR count). The van der Waals surface area contributed by atoms with Gasteiger partial charge in [-0.15, -0.1) is 11.3 Å². The van der Waals surface area contributed by atoms with E-state index in [1.54, 1.807) is 6.92 Å². The smallest absolute Gasteiger partial charge is 0.401 e. The zero-order valence-electron chi connectivity index (χ0n) is 10.8. The minimum absolute atomic E-state index is 0.0873. The summed E-state index contributed by atoms with van der Waals surface area (Å²) in [7, 11) is 0. The van der Waals surface area contributed by atoms with Crippen molar-refractivity contribution in [2.75, 3.05) is 26.3 Å². The van der Waals surface area contributed by atoms with Crippen LogP contribution in [0.15, 0.2) is 5.38 Å². The lowest BCUT2D eigenvalue weighted by molar-refractivity contribution is -0.148. The molecule has 20 heavy (non-hydrogen) atoms. The normalized spacial score (nSPS) is 11.9. The largest absolute Gasteiger partial charge is 0.461 e. The number of halogens is 3. The Morgan fingerprint density at radius 3 is 2.80 bits per heavy atom. The number of aromatic nitrogens is 1. The van der Waals surface area contributed by atoms with Gasteiger partial charge in [0.2, 0.25) is 5.01 Å². The molecule has 0 saturated heterocycles. The van der Waals surface area contributed by atoms with Crippen molar-refractivity contribution in [3.05, 3.63) is 16.1 Å². The van der Waals surface area contributed by atoms with E-state index >= 15 is 0 Å². The monoisotopic (exact) mass is 312 g/mol. The number of aliphatic hydroxyl groups excluding tert-OH is 1. The minimum atomic E-state index is -4.35. The van der Waals surface area contributed by atoms with Crippen LogP contribution in [0, 0.1) is 0 Å². The Morgan fingerprint density at radius 1 is 1.55 bits per heavy atom. The first-order chi connectivity index (χ1) is 9.35. The Morgan fingerprint density at radius 2 is 2.25 bits per heavy atom. The van der Waals surface area contributed by atoms with Gasteiger partial charge in [-0.1, -0.05) is 0 Å². The van der Waals surface area contributed by atoms with E-state index in [-0.39, 0.29) is 31.3 Å². The van der Waals surface area contributed by atoms with Crippen molar-refractivity contribution in [2.24, 2.45) is 0 Å². The first kappa shape index (κ1) is 16.9. The summed E-state index contributed by atoms with van der Waals surface area (Å²) in [4.78, 5) is 16.3. The first-order valence-electron chi connectivity index (χ1n) is 5.87. The molecule has 1 aromatic rings. The highest BCUT2D eigenvalue weighted by Gasteiger charge is 2.30. The van der Waals surface area contributed by atoms with Crippen LogP contribution in [0.1, 0.15) is 22.4 Å². The lowest BCUT2D eigenvalue weighted by atomic mass is 10.4. The van der Waals surface area contributed by atoms with Gasteiger partial charge in [0.05, 0.1) is 25.5 Å². The van der Waals surface area contributed by atoms with E-state index in [2.05, 4.69) is 4.98 Å². The number of alkyl halides is 3. The Kier molecular flexibility index (Phi) is 6.37. The van der Waals surface area contributed by atoms with Crippen molar-refractivity contribution in [1.29, 1.82) is 0 Å². The number of nitrogens with zero attached hydrogens (tertiary/aromatic N) is 2. The first-order valence-corrected chi connectivity index (χ1v) is 6.75. The molecule has 9 heteroatoms. The molecule has 1 heterocycles. The molecule has 0 aromatic carbocycles. The minimum Gasteiger partial charge on any atom is -0.461 e. The van der Waals surface area contributed by atoms with E-state index < -0.39 is 18.7 Å². The maximum Gasteiger partial charge on any atom is 0.401 e. The number of hydrogen-bond donors (Lipinski definition) is 1.